The molecule has 0 bridgehead atoms. The standard InChI is InChI=1S/C20H15Cl2N3O/c21-16-8-4-5-13(19(16)22)12-25-18-10-9-15(11-17(18)24-20(25)26)23-14-6-2-1-3-7-14/h1-11,23H,12H2,(H,24,26). The van der Waals surface area contributed by atoms with E-state index < -0.39 is 0 Å². The molecule has 4 rings (SSSR count). The number of imidazole rings is 1. The molecule has 3 aromatic carbocycles. The molecule has 26 heavy (non-hydrogen) atoms. The van der Waals surface area contributed by atoms with Crippen molar-refractivity contribution >= 4 is 45.6 Å². The molecule has 4 nitrogen and oxygen atoms in total. The Balaban J connectivity index is 1.70. The van der Waals surface area contributed by atoms with Crippen LogP contribution in [0.5, 0.6) is 0 Å². The Labute approximate surface area is 160 Å². The van der Waals surface area contributed by atoms with Crippen molar-refractivity contribution in [3.05, 3.63) is 92.8 Å². The minimum absolute atomic E-state index is 0.187. The van der Waals surface area contributed by atoms with Crippen molar-refractivity contribution in [2.75, 3.05) is 5.32 Å². The van der Waals surface area contributed by atoms with E-state index in [0.29, 0.717) is 16.6 Å². The van der Waals surface area contributed by atoms with E-state index in [1.165, 1.54) is 0 Å². The van der Waals surface area contributed by atoms with Crippen molar-refractivity contribution in [2.45, 2.75) is 6.54 Å². The van der Waals surface area contributed by atoms with Crippen LogP contribution in [-0.2, 0) is 6.54 Å². The van der Waals surface area contributed by atoms with Crippen LogP contribution in [0.4, 0.5) is 11.4 Å². The Bertz CT molecular complexity index is 1130. The van der Waals surface area contributed by atoms with Gasteiger partial charge in [-0.05, 0) is 42.0 Å². The van der Waals surface area contributed by atoms with Crippen LogP contribution in [-0.4, -0.2) is 9.55 Å². The van der Waals surface area contributed by atoms with Crippen molar-refractivity contribution in [2.24, 2.45) is 0 Å². The van der Waals surface area contributed by atoms with Gasteiger partial charge < -0.3 is 10.3 Å². The molecule has 0 amide bonds. The number of fused-ring (bicyclic) bond motifs is 1. The fourth-order valence-corrected chi connectivity index (χ4v) is 3.31. The van der Waals surface area contributed by atoms with Gasteiger partial charge in [-0.3, -0.25) is 4.57 Å². The summed E-state index contributed by atoms with van der Waals surface area (Å²) < 4.78 is 1.65. The first kappa shape index (κ1) is 16.8. The van der Waals surface area contributed by atoms with E-state index in [4.69, 9.17) is 23.2 Å². The smallest absolute Gasteiger partial charge is 0.326 e. The van der Waals surface area contributed by atoms with Crippen molar-refractivity contribution in [1.29, 1.82) is 0 Å². The Kier molecular flexibility index (Phi) is 4.45. The molecule has 0 saturated heterocycles. The van der Waals surface area contributed by atoms with Gasteiger partial charge in [-0.15, -0.1) is 0 Å². The average Bonchev–Trinajstić information content (AvgIpc) is 2.94. The highest BCUT2D eigenvalue weighted by molar-refractivity contribution is 6.42. The zero-order valence-corrected chi connectivity index (χ0v) is 15.2. The molecule has 0 aliphatic heterocycles. The molecular formula is C20H15Cl2N3O. The molecule has 0 atom stereocenters. The number of hydrogen-bond donors (Lipinski definition) is 2. The third-order valence-electron chi connectivity index (χ3n) is 4.20. The Morgan fingerprint density at radius 1 is 0.923 bits per heavy atom. The number of anilines is 2. The maximum Gasteiger partial charge on any atom is 0.326 e. The summed E-state index contributed by atoms with van der Waals surface area (Å²) in [5.74, 6) is 0. The number of H-pyrrole nitrogens is 1. The minimum atomic E-state index is -0.187. The van der Waals surface area contributed by atoms with E-state index in [2.05, 4.69) is 10.3 Å². The second-order valence-electron chi connectivity index (χ2n) is 5.95. The van der Waals surface area contributed by atoms with Gasteiger partial charge in [0.1, 0.15) is 0 Å². The number of aromatic nitrogens is 2. The molecule has 0 aliphatic carbocycles. The van der Waals surface area contributed by atoms with E-state index in [1.807, 2.05) is 60.7 Å². The van der Waals surface area contributed by atoms with E-state index in [9.17, 15) is 4.79 Å². The molecule has 0 unspecified atom stereocenters. The van der Waals surface area contributed by atoms with E-state index >= 15 is 0 Å². The summed E-state index contributed by atoms with van der Waals surface area (Å²) in [6.07, 6.45) is 0. The second-order valence-corrected chi connectivity index (χ2v) is 6.74. The van der Waals surface area contributed by atoms with Crippen LogP contribution in [0.15, 0.2) is 71.5 Å². The molecular weight excluding hydrogens is 369 g/mol. The van der Waals surface area contributed by atoms with Gasteiger partial charge >= 0.3 is 5.69 Å². The highest BCUT2D eigenvalue weighted by Gasteiger charge is 2.11. The number of benzene rings is 3. The predicted molar refractivity (Wildman–Crippen MR) is 108 cm³/mol. The molecule has 6 heteroatoms. The quantitative estimate of drug-likeness (QED) is 0.493. The first-order chi connectivity index (χ1) is 12.6. The number of para-hydroxylation sites is 1. The molecule has 0 fully saturated rings. The van der Waals surface area contributed by atoms with Crippen LogP contribution in [0, 0.1) is 0 Å². The third-order valence-corrected chi connectivity index (χ3v) is 5.05. The molecule has 0 spiro atoms. The Morgan fingerprint density at radius 2 is 1.73 bits per heavy atom. The highest BCUT2D eigenvalue weighted by Crippen LogP contribution is 2.27. The molecule has 1 heterocycles. The first-order valence-corrected chi connectivity index (χ1v) is 8.85. The molecule has 130 valence electrons. The Hall–Kier alpha value is -2.69. The summed E-state index contributed by atoms with van der Waals surface area (Å²) in [6.45, 7) is 0.351. The lowest BCUT2D eigenvalue weighted by Crippen LogP contribution is -2.17. The van der Waals surface area contributed by atoms with E-state index in [0.717, 1.165) is 28.0 Å². The van der Waals surface area contributed by atoms with Crippen molar-refractivity contribution < 1.29 is 0 Å². The topological polar surface area (TPSA) is 49.8 Å². The fraction of sp³-hybridized carbons (Fsp3) is 0.0500. The average molecular weight is 384 g/mol. The lowest BCUT2D eigenvalue weighted by Gasteiger charge is -2.08. The summed E-state index contributed by atoms with van der Waals surface area (Å²) in [6, 6.07) is 21.1. The summed E-state index contributed by atoms with van der Waals surface area (Å²) >= 11 is 12.3. The molecule has 0 aliphatic rings. The number of hydrogen-bond acceptors (Lipinski definition) is 2. The van der Waals surface area contributed by atoms with Crippen LogP contribution in [0.25, 0.3) is 11.0 Å². The van der Waals surface area contributed by atoms with Crippen molar-refractivity contribution in [3.8, 4) is 0 Å². The van der Waals surface area contributed by atoms with Crippen LogP contribution in [0.1, 0.15) is 5.56 Å². The summed E-state index contributed by atoms with van der Waals surface area (Å²) in [7, 11) is 0. The second kappa shape index (κ2) is 6.90. The van der Waals surface area contributed by atoms with Crippen molar-refractivity contribution in [3.63, 3.8) is 0 Å². The zero-order valence-electron chi connectivity index (χ0n) is 13.7. The van der Waals surface area contributed by atoms with Gasteiger partial charge in [0.2, 0.25) is 0 Å². The number of halogens is 2. The third kappa shape index (κ3) is 3.21. The van der Waals surface area contributed by atoms with Crippen LogP contribution in [0.3, 0.4) is 0 Å². The van der Waals surface area contributed by atoms with E-state index in [-0.39, 0.29) is 5.69 Å². The molecule has 0 radical (unpaired) electrons. The zero-order chi connectivity index (χ0) is 18.1. The monoisotopic (exact) mass is 383 g/mol. The number of nitrogens with one attached hydrogen (secondary N) is 2. The van der Waals surface area contributed by atoms with Crippen molar-refractivity contribution in [1.82, 2.24) is 9.55 Å². The maximum absolute atomic E-state index is 12.4. The number of nitrogens with zero attached hydrogens (tertiary/aromatic N) is 1. The van der Waals surface area contributed by atoms with Crippen LogP contribution >= 0.6 is 23.2 Å². The molecule has 0 saturated carbocycles. The molecule has 2 N–H and O–H groups in total. The fourth-order valence-electron chi connectivity index (χ4n) is 2.93. The first-order valence-electron chi connectivity index (χ1n) is 8.09. The van der Waals surface area contributed by atoms with E-state index in [1.54, 1.807) is 10.6 Å². The predicted octanol–water partition coefficient (Wildman–Crippen LogP) is 5.43. The largest absolute Gasteiger partial charge is 0.355 e. The number of aromatic amines is 1. The highest BCUT2D eigenvalue weighted by atomic mass is 35.5. The Morgan fingerprint density at radius 3 is 2.54 bits per heavy atom. The lowest BCUT2D eigenvalue weighted by molar-refractivity contribution is 0.787. The molecule has 4 aromatic rings. The summed E-state index contributed by atoms with van der Waals surface area (Å²) in [4.78, 5) is 15.3. The van der Waals surface area contributed by atoms with Gasteiger partial charge in [0.15, 0.2) is 0 Å². The van der Waals surface area contributed by atoms with Crippen LogP contribution in [0.2, 0.25) is 10.0 Å². The van der Waals surface area contributed by atoms with Gasteiger partial charge in [-0.1, -0.05) is 53.5 Å². The molecule has 1 aromatic heterocycles. The normalized spacial score (nSPS) is 11.0. The maximum atomic E-state index is 12.4. The van der Waals surface area contributed by atoms with Crippen LogP contribution < -0.4 is 11.0 Å². The van der Waals surface area contributed by atoms with Gasteiger partial charge in [0.05, 0.1) is 27.6 Å². The van der Waals surface area contributed by atoms with Gasteiger partial charge in [0, 0.05) is 11.4 Å². The number of rotatable bonds is 4. The SMILES string of the molecule is O=c1[nH]c2cc(Nc3ccccc3)ccc2n1Cc1cccc(Cl)c1Cl. The van der Waals surface area contributed by atoms with Gasteiger partial charge in [0.25, 0.3) is 0 Å². The van der Waals surface area contributed by atoms with Gasteiger partial charge in [-0.2, -0.15) is 0 Å². The minimum Gasteiger partial charge on any atom is -0.355 e. The summed E-state index contributed by atoms with van der Waals surface area (Å²) in [5, 5.41) is 4.27. The summed E-state index contributed by atoms with van der Waals surface area (Å²) in [5.41, 5.74) is 4.07. The van der Waals surface area contributed by atoms with Gasteiger partial charge in [-0.25, -0.2) is 4.79 Å². The lowest BCUT2D eigenvalue weighted by atomic mass is 10.2.